The average Bonchev–Trinajstić information content (AvgIpc) is 3.25. The van der Waals surface area contributed by atoms with Crippen LogP contribution in [0.5, 0.6) is 0 Å². The number of carbonyl (C=O) groups excluding carboxylic acids is 2. The van der Waals surface area contributed by atoms with Gasteiger partial charge in [0, 0.05) is 17.4 Å². The van der Waals surface area contributed by atoms with E-state index in [-0.39, 0.29) is 29.2 Å². The number of rotatable bonds is 5. The summed E-state index contributed by atoms with van der Waals surface area (Å²) in [6.07, 6.45) is -0.458. The summed E-state index contributed by atoms with van der Waals surface area (Å²) in [5.74, 6) is -0.469. The topological polar surface area (TPSA) is 105 Å². The standard InChI is InChI=1S/C27H33N3O5S2/c1-17-11-12-20(13-18(17)2)30-22-15-37(33,34)16-23(22)36-25(30)29-24(31)21(14-19-9-7-6-8-10-19)28-26(32)35-27(3,4)5/h6-13,21-23H,14-16H2,1-5H3,(H,28,32)/t21-,22+,23+/m1/s1. The summed E-state index contributed by atoms with van der Waals surface area (Å²) in [4.78, 5) is 32.4. The Morgan fingerprint density at radius 2 is 1.81 bits per heavy atom. The Bertz CT molecular complexity index is 1320. The summed E-state index contributed by atoms with van der Waals surface area (Å²) in [5.41, 5.74) is 3.12. The largest absolute Gasteiger partial charge is 0.444 e. The molecule has 37 heavy (non-hydrogen) atoms. The molecule has 4 rings (SSSR count). The Hall–Kier alpha value is -2.85. The molecule has 0 aromatic heterocycles. The van der Waals surface area contributed by atoms with Crippen LogP contribution in [0.3, 0.4) is 0 Å². The summed E-state index contributed by atoms with van der Waals surface area (Å²) in [5, 5.41) is 2.92. The molecule has 2 saturated heterocycles. The fraction of sp³-hybridized carbons (Fsp3) is 0.444. The van der Waals surface area contributed by atoms with Gasteiger partial charge in [0.2, 0.25) is 0 Å². The summed E-state index contributed by atoms with van der Waals surface area (Å²) in [7, 11) is -3.18. The van der Waals surface area contributed by atoms with Crippen LogP contribution in [-0.4, -0.2) is 60.0 Å². The number of ether oxygens (including phenoxy) is 1. The molecule has 0 unspecified atom stereocenters. The number of nitrogens with zero attached hydrogens (tertiary/aromatic N) is 2. The van der Waals surface area contributed by atoms with Gasteiger partial charge in [-0.2, -0.15) is 4.99 Å². The van der Waals surface area contributed by atoms with E-state index in [0.717, 1.165) is 22.4 Å². The highest BCUT2D eigenvalue weighted by Gasteiger charge is 2.49. The first kappa shape index (κ1) is 27.2. The van der Waals surface area contributed by atoms with Gasteiger partial charge in [-0.1, -0.05) is 48.2 Å². The SMILES string of the molecule is Cc1ccc(N2C(=NC(=O)[C@@H](Cc3ccccc3)NC(=O)OC(C)(C)C)S[C@H]3CS(=O)(=O)C[C@@H]32)cc1C. The Morgan fingerprint density at radius 3 is 2.46 bits per heavy atom. The van der Waals surface area contributed by atoms with Gasteiger partial charge in [-0.25, -0.2) is 13.2 Å². The maximum atomic E-state index is 13.5. The molecule has 2 aliphatic heterocycles. The zero-order valence-corrected chi connectivity index (χ0v) is 23.4. The van der Waals surface area contributed by atoms with Crippen molar-refractivity contribution in [3.05, 3.63) is 65.2 Å². The van der Waals surface area contributed by atoms with Gasteiger partial charge in [0.1, 0.15) is 11.6 Å². The van der Waals surface area contributed by atoms with Crippen LogP contribution in [0.4, 0.5) is 10.5 Å². The third-order valence-corrected chi connectivity index (χ3v) is 9.52. The van der Waals surface area contributed by atoms with Gasteiger partial charge in [-0.05, 0) is 63.4 Å². The molecule has 0 radical (unpaired) electrons. The number of carbonyl (C=O) groups is 2. The lowest BCUT2D eigenvalue weighted by Gasteiger charge is -2.26. The first-order chi connectivity index (χ1) is 17.3. The number of thioether (sulfide) groups is 1. The number of fused-ring (bicyclic) bond motifs is 1. The van der Waals surface area contributed by atoms with Crippen LogP contribution >= 0.6 is 11.8 Å². The highest BCUT2D eigenvalue weighted by Crippen LogP contribution is 2.41. The molecule has 0 saturated carbocycles. The minimum absolute atomic E-state index is 0.00834. The summed E-state index contributed by atoms with van der Waals surface area (Å²) < 4.78 is 30.2. The minimum atomic E-state index is -3.18. The van der Waals surface area contributed by atoms with Crippen molar-refractivity contribution in [2.45, 2.75) is 64.0 Å². The maximum Gasteiger partial charge on any atom is 0.408 e. The third kappa shape index (κ3) is 6.73. The fourth-order valence-electron chi connectivity index (χ4n) is 4.41. The summed E-state index contributed by atoms with van der Waals surface area (Å²) in [6.45, 7) is 9.27. The number of amidine groups is 1. The second kappa shape index (κ2) is 10.5. The molecule has 0 aliphatic carbocycles. The number of aliphatic imine (C=N–C) groups is 1. The van der Waals surface area contributed by atoms with E-state index >= 15 is 0 Å². The van der Waals surface area contributed by atoms with E-state index in [4.69, 9.17) is 4.74 Å². The number of aryl methyl sites for hydroxylation is 2. The zero-order valence-electron chi connectivity index (χ0n) is 21.7. The van der Waals surface area contributed by atoms with Crippen LogP contribution in [0.25, 0.3) is 0 Å². The molecule has 2 aromatic carbocycles. The van der Waals surface area contributed by atoms with Crippen LogP contribution in [0.1, 0.15) is 37.5 Å². The van der Waals surface area contributed by atoms with Crippen molar-refractivity contribution in [2.75, 3.05) is 16.4 Å². The van der Waals surface area contributed by atoms with E-state index in [9.17, 15) is 18.0 Å². The third-order valence-electron chi connectivity index (χ3n) is 6.31. The van der Waals surface area contributed by atoms with Crippen molar-refractivity contribution >= 4 is 44.5 Å². The molecule has 2 fully saturated rings. The Kier molecular flexibility index (Phi) is 7.71. The van der Waals surface area contributed by atoms with Gasteiger partial charge in [-0.15, -0.1) is 0 Å². The van der Waals surface area contributed by atoms with Gasteiger partial charge < -0.3 is 15.0 Å². The highest BCUT2D eigenvalue weighted by molar-refractivity contribution is 8.16. The normalized spacial score (nSPS) is 22.5. The lowest BCUT2D eigenvalue weighted by Crippen LogP contribution is -2.45. The first-order valence-electron chi connectivity index (χ1n) is 12.2. The van der Waals surface area contributed by atoms with E-state index in [2.05, 4.69) is 10.3 Å². The molecule has 10 heteroatoms. The average molecular weight is 544 g/mol. The number of nitrogens with one attached hydrogen (secondary N) is 1. The van der Waals surface area contributed by atoms with E-state index in [1.54, 1.807) is 20.8 Å². The Labute approximate surface area is 222 Å². The van der Waals surface area contributed by atoms with E-state index in [1.165, 1.54) is 11.8 Å². The number of hydrogen-bond donors (Lipinski definition) is 1. The number of sulfone groups is 1. The predicted molar refractivity (Wildman–Crippen MR) is 148 cm³/mol. The number of hydrogen-bond acceptors (Lipinski definition) is 6. The van der Waals surface area contributed by atoms with Gasteiger partial charge >= 0.3 is 6.09 Å². The van der Waals surface area contributed by atoms with Crippen molar-refractivity contribution < 1.29 is 22.7 Å². The summed E-state index contributed by atoms with van der Waals surface area (Å²) >= 11 is 1.31. The van der Waals surface area contributed by atoms with Crippen LogP contribution in [0.2, 0.25) is 0 Å². The number of alkyl carbamates (subject to hydrolysis) is 1. The second-order valence-corrected chi connectivity index (χ2v) is 13.9. The number of amides is 2. The van der Waals surface area contributed by atoms with Crippen molar-refractivity contribution in [3.8, 4) is 0 Å². The molecule has 2 aliphatic rings. The van der Waals surface area contributed by atoms with Crippen LogP contribution < -0.4 is 10.2 Å². The monoisotopic (exact) mass is 543 g/mol. The Balaban J connectivity index is 1.66. The minimum Gasteiger partial charge on any atom is -0.444 e. The van der Waals surface area contributed by atoms with Crippen LogP contribution in [-0.2, 0) is 25.8 Å². The molecule has 2 amide bonds. The molecule has 3 atom stereocenters. The quantitative estimate of drug-likeness (QED) is 0.607. The van der Waals surface area contributed by atoms with Gasteiger partial charge in [-0.3, -0.25) is 4.79 Å². The highest BCUT2D eigenvalue weighted by atomic mass is 32.2. The lowest BCUT2D eigenvalue weighted by atomic mass is 10.1. The van der Waals surface area contributed by atoms with Crippen molar-refractivity contribution in [1.82, 2.24) is 5.32 Å². The number of benzene rings is 2. The molecule has 1 N–H and O–H groups in total. The van der Waals surface area contributed by atoms with Crippen molar-refractivity contribution in [2.24, 2.45) is 4.99 Å². The van der Waals surface area contributed by atoms with Gasteiger partial charge in [0.25, 0.3) is 5.91 Å². The maximum absolute atomic E-state index is 13.5. The predicted octanol–water partition coefficient (Wildman–Crippen LogP) is 4.04. The Morgan fingerprint density at radius 1 is 1.11 bits per heavy atom. The fourth-order valence-corrected chi connectivity index (χ4v) is 8.33. The lowest BCUT2D eigenvalue weighted by molar-refractivity contribution is -0.119. The zero-order chi connectivity index (χ0) is 27.0. The van der Waals surface area contributed by atoms with Crippen molar-refractivity contribution in [3.63, 3.8) is 0 Å². The second-order valence-electron chi connectivity index (χ2n) is 10.6. The van der Waals surface area contributed by atoms with E-state index in [0.29, 0.717) is 5.17 Å². The molecular weight excluding hydrogens is 510 g/mol. The smallest absolute Gasteiger partial charge is 0.408 e. The van der Waals surface area contributed by atoms with E-state index in [1.807, 2.05) is 67.3 Å². The van der Waals surface area contributed by atoms with Gasteiger partial charge in [0.15, 0.2) is 15.0 Å². The van der Waals surface area contributed by atoms with Gasteiger partial charge in [0.05, 0.1) is 17.5 Å². The first-order valence-corrected chi connectivity index (χ1v) is 14.9. The molecular formula is C27H33N3O5S2. The molecule has 0 bridgehead atoms. The molecule has 0 spiro atoms. The molecule has 2 heterocycles. The van der Waals surface area contributed by atoms with Crippen LogP contribution in [0, 0.1) is 13.8 Å². The molecule has 8 nitrogen and oxygen atoms in total. The van der Waals surface area contributed by atoms with E-state index < -0.39 is 33.5 Å². The molecule has 2 aromatic rings. The molecule has 198 valence electrons. The van der Waals surface area contributed by atoms with Crippen molar-refractivity contribution in [1.29, 1.82) is 0 Å². The summed E-state index contributed by atoms with van der Waals surface area (Å²) in [6, 6.07) is 14.0. The number of anilines is 1. The van der Waals surface area contributed by atoms with Crippen LogP contribution in [0.15, 0.2) is 53.5 Å².